The Balaban J connectivity index is 2.00. The van der Waals surface area contributed by atoms with Crippen LogP contribution in [-0.2, 0) is 4.74 Å². The molecule has 1 aliphatic carbocycles. The van der Waals surface area contributed by atoms with Crippen molar-refractivity contribution in [3.63, 3.8) is 0 Å². The fraction of sp³-hybridized carbons (Fsp3) is 0.500. The Kier molecular flexibility index (Phi) is 4.34. The highest BCUT2D eigenvalue weighted by molar-refractivity contribution is 5.87. The van der Waals surface area contributed by atoms with Crippen LogP contribution in [0.1, 0.15) is 30.2 Å². The van der Waals surface area contributed by atoms with Crippen molar-refractivity contribution in [2.45, 2.75) is 19.9 Å². The maximum atomic E-state index is 12.9. The summed E-state index contributed by atoms with van der Waals surface area (Å²) in [7, 11) is 2.11. The number of nitrogens with zero attached hydrogens (tertiary/aromatic N) is 3. The van der Waals surface area contributed by atoms with E-state index in [4.69, 9.17) is 4.74 Å². The van der Waals surface area contributed by atoms with Crippen molar-refractivity contribution in [3.8, 4) is 0 Å². The number of rotatable bonds is 2. The largest absolute Gasteiger partial charge is 0.487 e. The Hall–Kier alpha value is -2.54. The number of pyridine rings is 1. The molecule has 27 heavy (non-hydrogen) atoms. The number of hydrogen-bond acceptors (Lipinski definition) is 5. The molecule has 0 aromatic carbocycles. The predicted molar refractivity (Wildman–Crippen MR) is 102 cm³/mol. The lowest BCUT2D eigenvalue weighted by Gasteiger charge is -2.37. The second-order valence-corrected chi connectivity index (χ2v) is 7.70. The molecule has 1 fully saturated rings. The van der Waals surface area contributed by atoms with Gasteiger partial charge in [-0.05, 0) is 19.9 Å². The maximum absolute atomic E-state index is 12.9. The molecule has 3 heterocycles. The fourth-order valence-corrected chi connectivity index (χ4v) is 4.03. The first kappa shape index (κ1) is 17.9. The molecule has 7 heteroatoms. The summed E-state index contributed by atoms with van der Waals surface area (Å²) in [5, 5.41) is 10.6. The number of allylic oxidation sites excluding steroid dienone is 1. The Labute approximate surface area is 157 Å². The third-order valence-corrected chi connectivity index (χ3v) is 5.59. The average Bonchev–Trinajstić information content (AvgIpc) is 2.77. The van der Waals surface area contributed by atoms with E-state index >= 15 is 0 Å². The van der Waals surface area contributed by atoms with Crippen molar-refractivity contribution in [1.82, 2.24) is 14.4 Å². The highest BCUT2D eigenvalue weighted by Crippen LogP contribution is 2.25. The van der Waals surface area contributed by atoms with Crippen LogP contribution in [0.2, 0.25) is 0 Å². The Bertz CT molecular complexity index is 999. The van der Waals surface area contributed by atoms with Gasteiger partial charge >= 0.3 is 5.97 Å². The first-order valence-electron chi connectivity index (χ1n) is 9.40. The number of hydrogen-bond donors (Lipinski definition) is 1. The first-order chi connectivity index (χ1) is 12.9. The van der Waals surface area contributed by atoms with Gasteiger partial charge in [-0.25, -0.2) is 4.79 Å². The normalized spacial score (nSPS) is 25.1. The molecule has 2 atom stereocenters. The highest BCUT2D eigenvalue weighted by atomic mass is 16.5. The number of aromatic nitrogens is 1. The number of piperazine rings is 1. The molecular weight excluding hydrogens is 346 g/mol. The average molecular weight is 371 g/mol. The molecule has 0 saturated carbocycles. The maximum Gasteiger partial charge on any atom is 0.341 e. The minimum atomic E-state index is -1.19. The molecule has 3 aliphatic rings. The molecule has 1 saturated heterocycles. The van der Waals surface area contributed by atoms with Gasteiger partial charge in [-0.1, -0.05) is 19.1 Å². The molecule has 7 nitrogen and oxygen atoms in total. The van der Waals surface area contributed by atoms with Crippen LogP contribution in [0.15, 0.2) is 22.8 Å². The van der Waals surface area contributed by atoms with Crippen LogP contribution >= 0.6 is 0 Å². The summed E-state index contributed by atoms with van der Waals surface area (Å²) in [6.07, 6.45) is 5.47. The lowest BCUT2D eigenvalue weighted by Crippen LogP contribution is -2.53. The van der Waals surface area contributed by atoms with Gasteiger partial charge in [0, 0.05) is 37.6 Å². The van der Waals surface area contributed by atoms with E-state index in [1.54, 1.807) is 0 Å². The lowest BCUT2D eigenvalue weighted by atomic mass is 10.1. The van der Waals surface area contributed by atoms with Crippen molar-refractivity contribution >= 4 is 17.8 Å². The van der Waals surface area contributed by atoms with Gasteiger partial charge in [-0.3, -0.25) is 4.79 Å². The number of carboxylic acids is 1. The number of carboxylic acid groups (broad SMARTS) is 1. The first-order valence-corrected chi connectivity index (χ1v) is 9.40. The molecule has 1 N–H and O–H groups in total. The number of aromatic carboxylic acids is 1. The minimum Gasteiger partial charge on any atom is -0.487 e. The molecular formula is C20H25N3O4. The third kappa shape index (κ3) is 2.96. The molecule has 4 rings (SSSR count). The summed E-state index contributed by atoms with van der Waals surface area (Å²) in [5.41, 5.74) is 0.380. The summed E-state index contributed by atoms with van der Waals surface area (Å²) in [5.74, 6) is -0.496. The molecule has 2 aliphatic heterocycles. The van der Waals surface area contributed by atoms with Crippen LogP contribution in [0.5, 0.6) is 0 Å². The van der Waals surface area contributed by atoms with Gasteiger partial charge in [-0.2, -0.15) is 0 Å². The number of carbonyl (C=O) groups is 1. The molecule has 0 bridgehead atoms. The second kappa shape index (κ2) is 6.56. The van der Waals surface area contributed by atoms with Crippen LogP contribution in [-0.4, -0.2) is 65.3 Å². The van der Waals surface area contributed by atoms with Gasteiger partial charge in [0.05, 0.1) is 17.1 Å². The number of ether oxygens (including phenoxy) is 1. The van der Waals surface area contributed by atoms with E-state index in [2.05, 4.69) is 22.9 Å². The molecule has 1 aromatic heterocycles. The quantitative estimate of drug-likeness (QED) is 0.777. The van der Waals surface area contributed by atoms with E-state index < -0.39 is 11.4 Å². The van der Waals surface area contributed by atoms with Crippen molar-refractivity contribution in [2.24, 2.45) is 5.92 Å². The summed E-state index contributed by atoms with van der Waals surface area (Å²) in [4.78, 5) is 29.1. The van der Waals surface area contributed by atoms with Gasteiger partial charge in [0.2, 0.25) is 5.43 Å². The lowest BCUT2D eigenvalue weighted by molar-refractivity contribution is 0.0693. The number of likely N-dealkylation sites (N-methyl/N-ethyl adjacent to an activating group) is 1. The van der Waals surface area contributed by atoms with Crippen molar-refractivity contribution in [3.05, 3.63) is 44.3 Å². The van der Waals surface area contributed by atoms with Crippen LogP contribution in [0.25, 0.3) is 11.8 Å². The van der Waals surface area contributed by atoms with E-state index in [-0.39, 0.29) is 17.5 Å². The van der Waals surface area contributed by atoms with E-state index in [1.165, 1.54) is 6.20 Å². The molecule has 2 unspecified atom stereocenters. The van der Waals surface area contributed by atoms with Crippen LogP contribution in [0, 0.1) is 5.92 Å². The van der Waals surface area contributed by atoms with Gasteiger partial charge < -0.3 is 24.2 Å². The zero-order chi connectivity index (χ0) is 19.3. The third-order valence-electron chi connectivity index (χ3n) is 5.59. The Morgan fingerprint density at radius 2 is 1.89 bits per heavy atom. The van der Waals surface area contributed by atoms with Crippen LogP contribution in [0.4, 0.5) is 0 Å². The Morgan fingerprint density at radius 3 is 2.56 bits per heavy atom. The zero-order valence-corrected chi connectivity index (χ0v) is 15.9. The monoisotopic (exact) mass is 371 g/mol. The Morgan fingerprint density at radius 1 is 1.19 bits per heavy atom. The van der Waals surface area contributed by atoms with Crippen molar-refractivity contribution in [2.75, 3.05) is 39.8 Å². The molecule has 0 amide bonds. The van der Waals surface area contributed by atoms with Gasteiger partial charge in [0.1, 0.15) is 12.2 Å². The van der Waals surface area contributed by atoms with Crippen LogP contribution < -0.4 is 16.0 Å². The van der Waals surface area contributed by atoms with Crippen molar-refractivity contribution in [1.29, 1.82) is 0 Å². The smallest absolute Gasteiger partial charge is 0.341 e. The summed E-state index contributed by atoms with van der Waals surface area (Å²) in [6, 6.07) is -0.0447. The minimum absolute atomic E-state index is 0.00175. The standard InChI is InChI=1S/C20H25N3O4/c1-12-8-14-17-19(16(9-12)22-6-4-21(3)5-7-22)27-11-13(2)23(17)10-15(18(14)24)20(25)26/h8-10,12-13H,4-7,11H2,1-3H3,(H,25,26). The van der Waals surface area contributed by atoms with E-state index in [0.29, 0.717) is 22.9 Å². The van der Waals surface area contributed by atoms with Gasteiger partial charge in [-0.15, -0.1) is 0 Å². The zero-order valence-electron chi connectivity index (χ0n) is 15.9. The highest BCUT2D eigenvalue weighted by Gasteiger charge is 2.29. The fourth-order valence-electron chi connectivity index (χ4n) is 4.03. The predicted octanol–water partition coefficient (Wildman–Crippen LogP) is -0.193. The summed E-state index contributed by atoms with van der Waals surface area (Å²) in [6.45, 7) is 8.16. The second-order valence-electron chi connectivity index (χ2n) is 7.70. The van der Waals surface area contributed by atoms with E-state index in [1.807, 2.05) is 24.5 Å². The van der Waals surface area contributed by atoms with E-state index in [0.717, 1.165) is 31.9 Å². The summed E-state index contributed by atoms with van der Waals surface area (Å²) < 4.78 is 8.04. The summed E-state index contributed by atoms with van der Waals surface area (Å²) >= 11 is 0. The SMILES string of the molecule is CC1C=C(N2CCN(C)CC2)C2=c3c(c(=O)c(C(=O)O)cn3C(C)CO2)=C1. The van der Waals surface area contributed by atoms with E-state index in [9.17, 15) is 14.7 Å². The molecule has 144 valence electrons. The molecule has 0 spiro atoms. The van der Waals surface area contributed by atoms with Gasteiger partial charge in [0.15, 0.2) is 5.76 Å². The molecule has 0 radical (unpaired) electrons. The topological polar surface area (TPSA) is 75.0 Å². The van der Waals surface area contributed by atoms with Crippen molar-refractivity contribution < 1.29 is 14.6 Å². The van der Waals surface area contributed by atoms with Gasteiger partial charge in [0.25, 0.3) is 0 Å². The van der Waals surface area contributed by atoms with Crippen LogP contribution in [0.3, 0.4) is 0 Å². The molecule has 1 aromatic rings.